The Labute approximate surface area is 266 Å². The number of benzene rings is 1. The molecule has 1 saturated heterocycles. The van der Waals surface area contributed by atoms with Crippen LogP contribution < -0.4 is 5.32 Å². The molecule has 0 radical (unpaired) electrons. The number of carbonyl (C=O) groups is 2. The number of carbonyl (C=O) groups excluding carboxylic acids is 2. The molecule has 2 atom stereocenters. The fourth-order valence-electron chi connectivity index (χ4n) is 4.78. The van der Waals surface area contributed by atoms with Crippen molar-refractivity contribution in [2.45, 2.75) is 63.7 Å². The third kappa shape index (κ3) is 13.7. The minimum Gasteiger partial charge on any atom is -0.463 e. The fourth-order valence-corrected chi connectivity index (χ4v) is 8.02. The maximum absolute atomic E-state index is 13.6. The number of nitrogens with zero attached hydrogens (tertiary/aromatic N) is 3. The molecular weight excluding hydrogens is 589 g/mol. The Morgan fingerprint density at radius 2 is 1.88 bits per heavy atom. The number of ether oxygens (including phenoxy) is 2. The number of aryl methyl sites for hydroxylation is 1. The van der Waals surface area contributed by atoms with Crippen LogP contribution in [0.1, 0.15) is 52.5 Å². The van der Waals surface area contributed by atoms with E-state index in [0.29, 0.717) is 23.0 Å². The second-order valence-corrected chi connectivity index (χ2v) is 14.7. The van der Waals surface area contributed by atoms with Crippen molar-refractivity contribution in [3.8, 4) is 0 Å². The Hall–Kier alpha value is -1.68. The van der Waals surface area contributed by atoms with E-state index in [-0.39, 0.29) is 31.3 Å². The lowest BCUT2D eigenvalue weighted by Crippen LogP contribution is -2.43. The van der Waals surface area contributed by atoms with Gasteiger partial charge < -0.3 is 24.5 Å². The van der Waals surface area contributed by atoms with E-state index < -0.39 is 10.3 Å². The number of hydrogen-bond acceptors (Lipinski definition) is 9. The number of amides is 1. The number of nitrogens with one attached hydrogen (secondary N) is 1. The van der Waals surface area contributed by atoms with Crippen molar-refractivity contribution in [2.75, 3.05) is 71.4 Å². The molecule has 1 aliphatic rings. The maximum atomic E-state index is 13.6. The first-order valence-electron chi connectivity index (χ1n) is 14.9. The first-order valence-corrected chi connectivity index (χ1v) is 17.1. The zero-order valence-corrected chi connectivity index (χ0v) is 28.1. The van der Waals surface area contributed by atoms with Crippen LogP contribution in [0.2, 0.25) is 0 Å². The normalized spacial score (nSPS) is 16.7. The predicted octanol–water partition coefficient (Wildman–Crippen LogP) is 4.92. The molecule has 42 heavy (non-hydrogen) atoms. The Balaban J connectivity index is 1.98. The van der Waals surface area contributed by atoms with Crippen LogP contribution in [0.25, 0.3) is 4.85 Å². The van der Waals surface area contributed by atoms with E-state index >= 15 is 0 Å². The number of thiocarbonyl (C=S) groups is 1. The van der Waals surface area contributed by atoms with E-state index in [2.05, 4.69) is 45.9 Å². The highest BCUT2D eigenvalue weighted by molar-refractivity contribution is 8.47. The zero-order valence-electron chi connectivity index (χ0n) is 25.7. The van der Waals surface area contributed by atoms with Gasteiger partial charge in [-0.15, -0.1) is 11.8 Å². The van der Waals surface area contributed by atoms with Crippen LogP contribution in [0.15, 0.2) is 30.3 Å². The van der Waals surface area contributed by atoms with Crippen LogP contribution in [0.4, 0.5) is 0 Å². The average Bonchev–Trinajstić information content (AvgIpc) is 2.99. The maximum Gasteiger partial charge on any atom is 0.322 e. The summed E-state index contributed by atoms with van der Waals surface area (Å²) in [5.74, 6) is 0.352. The van der Waals surface area contributed by atoms with Gasteiger partial charge in [0.1, 0.15) is 14.9 Å². The van der Waals surface area contributed by atoms with Crippen molar-refractivity contribution >= 4 is 51.1 Å². The smallest absolute Gasteiger partial charge is 0.322 e. The van der Waals surface area contributed by atoms with Gasteiger partial charge in [0.05, 0.1) is 19.6 Å². The molecule has 0 saturated carbocycles. The van der Waals surface area contributed by atoms with Gasteiger partial charge in [0.15, 0.2) is 0 Å². The van der Waals surface area contributed by atoms with E-state index in [4.69, 9.17) is 28.3 Å². The summed E-state index contributed by atoms with van der Waals surface area (Å²) >= 11 is 8.58. The summed E-state index contributed by atoms with van der Waals surface area (Å²) in [4.78, 5) is 34.6. The summed E-state index contributed by atoms with van der Waals surface area (Å²) in [6.45, 7) is 23.0. The molecule has 8 nitrogen and oxygen atoms in total. The number of rotatable bonds is 18. The van der Waals surface area contributed by atoms with Gasteiger partial charge in [0, 0.05) is 58.2 Å². The van der Waals surface area contributed by atoms with E-state index in [1.165, 1.54) is 17.3 Å². The van der Waals surface area contributed by atoms with Crippen LogP contribution in [0, 0.1) is 6.57 Å². The van der Waals surface area contributed by atoms with Crippen molar-refractivity contribution in [2.24, 2.45) is 0 Å². The van der Waals surface area contributed by atoms with Crippen molar-refractivity contribution < 1.29 is 19.1 Å². The van der Waals surface area contributed by atoms with Gasteiger partial charge >= 0.3 is 5.97 Å². The quantitative estimate of drug-likeness (QED) is 0.137. The predicted molar refractivity (Wildman–Crippen MR) is 179 cm³/mol. The van der Waals surface area contributed by atoms with Gasteiger partial charge in [-0.1, -0.05) is 68.2 Å². The molecule has 1 aliphatic heterocycles. The number of hydrogen-bond donors (Lipinski definition) is 1. The molecule has 2 unspecified atom stereocenters. The van der Waals surface area contributed by atoms with Gasteiger partial charge in [0.25, 0.3) is 0 Å². The van der Waals surface area contributed by atoms with Crippen molar-refractivity contribution in [1.29, 1.82) is 0 Å². The van der Waals surface area contributed by atoms with Crippen LogP contribution >= 0.6 is 35.7 Å². The Morgan fingerprint density at radius 3 is 2.52 bits per heavy atom. The van der Waals surface area contributed by atoms with E-state index in [0.717, 1.165) is 58.1 Å². The van der Waals surface area contributed by atoms with Gasteiger partial charge in [-0.05, 0) is 32.0 Å². The third-order valence-electron chi connectivity index (χ3n) is 7.46. The first-order chi connectivity index (χ1) is 20.1. The number of thioether (sulfide) groups is 2. The van der Waals surface area contributed by atoms with Crippen molar-refractivity contribution in [1.82, 2.24) is 15.1 Å². The van der Waals surface area contributed by atoms with E-state index in [9.17, 15) is 9.59 Å². The topological polar surface area (TPSA) is 75.5 Å². The largest absolute Gasteiger partial charge is 0.463 e. The van der Waals surface area contributed by atoms with Crippen LogP contribution in [0.3, 0.4) is 0 Å². The van der Waals surface area contributed by atoms with Crippen LogP contribution in [-0.2, 0) is 25.5 Å². The summed E-state index contributed by atoms with van der Waals surface area (Å²) in [6, 6.07) is 10.2. The lowest BCUT2D eigenvalue weighted by molar-refractivity contribution is -0.147. The molecule has 0 bridgehead atoms. The Bertz CT molecular complexity index is 1020. The monoisotopic (exact) mass is 636 g/mol. The highest BCUT2D eigenvalue weighted by Gasteiger charge is 2.47. The lowest BCUT2D eigenvalue weighted by Gasteiger charge is -2.31. The summed E-state index contributed by atoms with van der Waals surface area (Å²) in [7, 11) is 0. The second-order valence-electron chi connectivity index (χ2n) is 10.9. The van der Waals surface area contributed by atoms with Gasteiger partial charge in [-0.3, -0.25) is 14.5 Å². The minimum atomic E-state index is -1.05. The molecule has 0 aliphatic carbocycles. The van der Waals surface area contributed by atoms with Gasteiger partial charge in [-0.2, -0.15) is 0 Å². The van der Waals surface area contributed by atoms with Crippen molar-refractivity contribution in [3.05, 3.63) is 47.3 Å². The first kappa shape index (κ1) is 36.5. The number of morpholine rings is 1. The highest BCUT2D eigenvalue weighted by atomic mass is 32.2. The molecule has 1 N–H and O–H groups in total. The van der Waals surface area contributed by atoms with Crippen LogP contribution in [-0.4, -0.2) is 107 Å². The van der Waals surface area contributed by atoms with E-state index in [1.807, 2.05) is 32.0 Å². The van der Waals surface area contributed by atoms with Crippen molar-refractivity contribution in [3.63, 3.8) is 0 Å². The number of likely N-dealkylation sites (N-methyl/N-ethyl adjacent to an activating group) is 1. The SMILES string of the molecule is [C-]#[N+]C(C)(CCC(=O)NCCN1CCOCC1)CC(C)(SC(=S)SCCc1ccccc1)C(=O)OCCN(CC)CC. The highest BCUT2D eigenvalue weighted by Crippen LogP contribution is 2.41. The van der Waals surface area contributed by atoms with Crippen LogP contribution in [0.5, 0.6) is 0 Å². The molecule has 1 fully saturated rings. The summed E-state index contributed by atoms with van der Waals surface area (Å²) in [5, 5.41) is 2.98. The van der Waals surface area contributed by atoms with E-state index in [1.54, 1.807) is 11.8 Å². The molecule has 1 heterocycles. The molecule has 1 aromatic carbocycles. The third-order valence-corrected chi connectivity index (χ3v) is 10.2. The molecule has 1 aromatic rings. The second kappa shape index (κ2) is 19.6. The molecular formula is C31H48N4O4S3. The minimum absolute atomic E-state index is 0.0821. The summed E-state index contributed by atoms with van der Waals surface area (Å²) < 4.78 is 10.8. The summed E-state index contributed by atoms with van der Waals surface area (Å²) in [5.41, 5.74) is 0.311. The lowest BCUT2D eigenvalue weighted by atomic mass is 9.86. The molecule has 11 heteroatoms. The molecule has 2 rings (SSSR count). The average molecular weight is 637 g/mol. The zero-order chi connectivity index (χ0) is 30.8. The molecule has 0 aromatic heterocycles. The van der Waals surface area contributed by atoms with Gasteiger partial charge in [0.2, 0.25) is 11.4 Å². The summed E-state index contributed by atoms with van der Waals surface area (Å²) in [6.07, 6.45) is 1.67. The number of esters is 1. The fraction of sp³-hybridized carbons (Fsp3) is 0.677. The molecule has 234 valence electrons. The molecule has 0 spiro atoms. The molecule has 1 amide bonds. The standard InChI is InChI=1S/C31H48N4O4S3/c1-6-34(7-2)20-23-39-28(37)31(4,42-29(40)41-24-14-26-11-9-8-10-12-26)25-30(3,32-5)15-13-27(36)33-16-17-35-18-21-38-22-19-35/h8-12H,6-7,13-25H2,1-4H3,(H,33,36). The van der Waals surface area contributed by atoms with Gasteiger partial charge in [-0.25, -0.2) is 6.57 Å². The Kier molecular flexibility index (Phi) is 17.0. The Morgan fingerprint density at radius 1 is 1.19 bits per heavy atom.